The van der Waals surface area contributed by atoms with E-state index in [9.17, 15) is 14.7 Å². The third kappa shape index (κ3) is 4.23. The van der Waals surface area contributed by atoms with Gasteiger partial charge < -0.3 is 10.4 Å². The van der Waals surface area contributed by atoms with Gasteiger partial charge in [0.05, 0.1) is 5.56 Å². The zero-order valence-electron chi connectivity index (χ0n) is 13.9. The first-order chi connectivity index (χ1) is 12.2. The quantitative estimate of drug-likeness (QED) is 0.853. The van der Waals surface area contributed by atoms with E-state index in [0.29, 0.717) is 29.2 Å². The summed E-state index contributed by atoms with van der Waals surface area (Å²) in [4.78, 5) is 24.2. The number of carbonyl (C=O) groups is 2. The zero-order valence-corrected chi connectivity index (χ0v) is 14.7. The van der Waals surface area contributed by atoms with Crippen molar-refractivity contribution in [3.8, 4) is 11.1 Å². The molecule has 0 spiro atoms. The number of carboxylic acids is 1. The van der Waals surface area contributed by atoms with Gasteiger partial charge in [-0.05, 0) is 53.5 Å². The largest absolute Gasteiger partial charge is 0.478 e. The molecule has 0 aromatic heterocycles. The summed E-state index contributed by atoms with van der Waals surface area (Å²) in [6.07, 6.45) is 2.27. The third-order valence-corrected chi connectivity index (χ3v) is 5.56. The Labute approximate surface area is 151 Å². The number of carboxylic acid groups (broad SMARTS) is 1. The number of rotatable bonds is 5. The number of nitrogens with one attached hydrogen (secondary N) is 1. The van der Waals surface area contributed by atoms with Crippen LogP contribution in [-0.2, 0) is 0 Å². The fraction of sp³-hybridized carbons (Fsp3) is 0.300. The Morgan fingerprint density at radius 1 is 0.960 bits per heavy atom. The number of thioether (sulfide) groups is 1. The highest BCUT2D eigenvalue weighted by atomic mass is 32.2. The molecular weight excluding hydrogens is 334 g/mol. The van der Waals surface area contributed by atoms with Gasteiger partial charge in [0.25, 0.3) is 5.91 Å². The third-order valence-electron chi connectivity index (χ3n) is 4.51. The summed E-state index contributed by atoms with van der Waals surface area (Å²) in [6.45, 7) is 0.675. The van der Waals surface area contributed by atoms with Crippen molar-refractivity contribution in [1.29, 1.82) is 0 Å². The molecule has 1 amide bonds. The summed E-state index contributed by atoms with van der Waals surface area (Å²) in [5.41, 5.74) is 1.93. The maximum Gasteiger partial charge on any atom is 0.336 e. The SMILES string of the molecule is O=C(O)c1ccccc1-c1ccccc1C(=O)NCC1CCSCC1. The highest BCUT2D eigenvalue weighted by molar-refractivity contribution is 7.99. The average Bonchev–Trinajstić information content (AvgIpc) is 2.67. The average molecular weight is 355 g/mol. The van der Waals surface area contributed by atoms with Gasteiger partial charge in [0, 0.05) is 12.1 Å². The predicted molar refractivity (Wildman–Crippen MR) is 101 cm³/mol. The van der Waals surface area contributed by atoms with Crippen LogP contribution in [0.5, 0.6) is 0 Å². The molecule has 1 heterocycles. The van der Waals surface area contributed by atoms with Crippen LogP contribution >= 0.6 is 11.8 Å². The summed E-state index contributed by atoms with van der Waals surface area (Å²) in [7, 11) is 0. The maximum absolute atomic E-state index is 12.7. The lowest BCUT2D eigenvalue weighted by atomic mass is 9.94. The van der Waals surface area contributed by atoms with E-state index >= 15 is 0 Å². The van der Waals surface area contributed by atoms with Crippen LogP contribution in [-0.4, -0.2) is 35.0 Å². The Bertz CT molecular complexity index is 769. The van der Waals surface area contributed by atoms with Gasteiger partial charge in [-0.1, -0.05) is 36.4 Å². The van der Waals surface area contributed by atoms with Gasteiger partial charge in [0.2, 0.25) is 0 Å². The molecule has 25 heavy (non-hydrogen) atoms. The molecule has 1 saturated heterocycles. The van der Waals surface area contributed by atoms with E-state index in [1.807, 2.05) is 17.8 Å². The molecule has 5 heteroatoms. The molecule has 1 aliphatic rings. The molecule has 2 aromatic carbocycles. The molecule has 1 fully saturated rings. The van der Waals surface area contributed by atoms with Gasteiger partial charge in [-0.2, -0.15) is 11.8 Å². The fourth-order valence-electron chi connectivity index (χ4n) is 3.10. The molecule has 130 valence electrons. The van der Waals surface area contributed by atoms with Gasteiger partial charge >= 0.3 is 5.97 Å². The molecular formula is C20H21NO3S. The highest BCUT2D eigenvalue weighted by Crippen LogP contribution is 2.27. The number of amides is 1. The number of aromatic carboxylic acids is 1. The van der Waals surface area contributed by atoms with E-state index in [0.717, 1.165) is 24.3 Å². The summed E-state index contributed by atoms with van der Waals surface area (Å²) < 4.78 is 0. The normalized spacial score (nSPS) is 14.9. The molecule has 0 aliphatic carbocycles. The molecule has 0 radical (unpaired) electrons. The maximum atomic E-state index is 12.7. The Hall–Kier alpha value is -2.27. The molecule has 3 rings (SSSR count). The van der Waals surface area contributed by atoms with Crippen LogP contribution in [0, 0.1) is 5.92 Å². The van der Waals surface area contributed by atoms with Crippen molar-refractivity contribution in [2.75, 3.05) is 18.1 Å². The summed E-state index contributed by atoms with van der Waals surface area (Å²) in [5, 5.41) is 12.5. The molecule has 2 N–H and O–H groups in total. The van der Waals surface area contributed by atoms with E-state index in [1.54, 1.807) is 42.5 Å². The number of benzene rings is 2. The molecule has 0 bridgehead atoms. The second-order valence-electron chi connectivity index (χ2n) is 6.16. The predicted octanol–water partition coefficient (Wildman–Crippen LogP) is 3.92. The Kier molecular flexibility index (Phi) is 5.76. The summed E-state index contributed by atoms with van der Waals surface area (Å²) in [6, 6.07) is 14.0. The lowest BCUT2D eigenvalue weighted by Crippen LogP contribution is -2.31. The minimum atomic E-state index is -0.995. The van der Waals surface area contributed by atoms with Gasteiger partial charge in [-0.15, -0.1) is 0 Å². The van der Waals surface area contributed by atoms with Crippen molar-refractivity contribution < 1.29 is 14.7 Å². The van der Waals surface area contributed by atoms with Crippen LogP contribution < -0.4 is 5.32 Å². The van der Waals surface area contributed by atoms with Crippen molar-refractivity contribution >= 4 is 23.6 Å². The van der Waals surface area contributed by atoms with Crippen LogP contribution in [0.15, 0.2) is 48.5 Å². The Morgan fingerprint density at radius 2 is 1.52 bits per heavy atom. The number of hydrogen-bond acceptors (Lipinski definition) is 3. The highest BCUT2D eigenvalue weighted by Gasteiger charge is 2.19. The molecule has 1 aliphatic heterocycles. The zero-order chi connectivity index (χ0) is 17.6. The first kappa shape index (κ1) is 17.5. The minimum Gasteiger partial charge on any atom is -0.478 e. The standard InChI is InChI=1S/C20H21NO3S/c22-19(21-13-14-9-11-25-12-10-14)17-7-3-1-5-15(17)16-6-2-4-8-18(16)20(23)24/h1-8,14H,9-13H2,(H,21,22)(H,23,24). The van der Waals surface area contributed by atoms with Crippen LogP contribution in [0.4, 0.5) is 0 Å². The van der Waals surface area contributed by atoms with Crippen molar-refractivity contribution in [1.82, 2.24) is 5.32 Å². The van der Waals surface area contributed by atoms with Crippen molar-refractivity contribution in [3.05, 3.63) is 59.7 Å². The minimum absolute atomic E-state index is 0.144. The lowest BCUT2D eigenvalue weighted by Gasteiger charge is -2.22. The number of hydrogen-bond donors (Lipinski definition) is 2. The fourth-order valence-corrected chi connectivity index (χ4v) is 4.31. The van der Waals surface area contributed by atoms with Crippen LogP contribution in [0.3, 0.4) is 0 Å². The smallest absolute Gasteiger partial charge is 0.336 e. The van der Waals surface area contributed by atoms with Crippen molar-refractivity contribution in [2.45, 2.75) is 12.8 Å². The molecule has 2 aromatic rings. The van der Waals surface area contributed by atoms with Gasteiger partial charge in [-0.3, -0.25) is 4.79 Å². The van der Waals surface area contributed by atoms with Gasteiger partial charge in [-0.25, -0.2) is 4.79 Å². The van der Waals surface area contributed by atoms with E-state index in [2.05, 4.69) is 5.32 Å². The van der Waals surface area contributed by atoms with Crippen LogP contribution in [0.25, 0.3) is 11.1 Å². The Morgan fingerprint density at radius 3 is 2.16 bits per heavy atom. The number of carbonyl (C=O) groups excluding carboxylic acids is 1. The van der Waals surface area contributed by atoms with E-state index in [-0.39, 0.29) is 11.5 Å². The molecule has 4 nitrogen and oxygen atoms in total. The van der Waals surface area contributed by atoms with E-state index < -0.39 is 5.97 Å². The molecule has 0 unspecified atom stereocenters. The molecule has 0 atom stereocenters. The second kappa shape index (κ2) is 8.21. The second-order valence-corrected chi connectivity index (χ2v) is 7.39. The first-order valence-corrected chi connectivity index (χ1v) is 9.60. The summed E-state index contributed by atoms with van der Waals surface area (Å²) in [5.74, 6) is 1.70. The van der Waals surface area contributed by atoms with Crippen molar-refractivity contribution in [3.63, 3.8) is 0 Å². The van der Waals surface area contributed by atoms with Crippen LogP contribution in [0.1, 0.15) is 33.6 Å². The van der Waals surface area contributed by atoms with Gasteiger partial charge in [0.15, 0.2) is 0 Å². The molecule has 0 saturated carbocycles. The Balaban J connectivity index is 1.83. The van der Waals surface area contributed by atoms with E-state index in [4.69, 9.17) is 0 Å². The van der Waals surface area contributed by atoms with Crippen molar-refractivity contribution in [2.24, 2.45) is 5.92 Å². The summed E-state index contributed by atoms with van der Waals surface area (Å²) >= 11 is 1.97. The van der Waals surface area contributed by atoms with Crippen LogP contribution in [0.2, 0.25) is 0 Å². The monoisotopic (exact) mass is 355 g/mol. The van der Waals surface area contributed by atoms with Gasteiger partial charge in [0.1, 0.15) is 0 Å². The first-order valence-electron chi connectivity index (χ1n) is 8.44. The van der Waals surface area contributed by atoms with E-state index in [1.165, 1.54) is 0 Å². The lowest BCUT2D eigenvalue weighted by molar-refractivity contribution is 0.0697. The topological polar surface area (TPSA) is 66.4 Å².